The molecule has 174 valence electrons. The molecule has 0 saturated carbocycles. The molecule has 4 rings (SSSR count). The van der Waals surface area contributed by atoms with Crippen LogP contribution in [0.15, 0.2) is 98.1 Å². The summed E-state index contributed by atoms with van der Waals surface area (Å²) in [5, 5.41) is 0. The van der Waals surface area contributed by atoms with E-state index in [-0.39, 0.29) is 0 Å². The third-order valence-corrected chi connectivity index (χ3v) is 6.42. The lowest BCUT2D eigenvalue weighted by Gasteiger charge is -2.02. The molecule has 0 bridgehead atoms. The van der Waals surface area contributed by atoms with Gasteiger partial charge in [0.15, 0.2) is 62.7 Å². The molecule has 0 N–H and O–H groups in total. The highest BCUT2D eigenvalue weighted by Gasteiger charge is 2.08. The number of aryl methyl sites for hydroxylation is 4. The van der Waals surface area contributed by atoms with Crippen molar-refractivity contribution in [1.82, 2.24) is 0 Å². The minimum atomic E-state index is 1.01. The van der Waals surface area contributed by atoms with Crippen molar-refractivity contribution in [2.45, 2.75) is 58.7 Å². The van der Waals surface area contributed by atoms with Gasteiger partial charge in [0.25, 0.3) is 0 Å². The lowest BCUT2D eigenvalue weighted by atomic mass is 10.1. The van der Waals surface area contributed by atoms with Gasteiger partial charge < -0.3 is 0 Å². The van der Waals surface area contributed by atoms with E-state index in [0.29, 0.717) is 0 Å². The molecule has 4 heteroatoms. The van der Waals surface area contributed by atoms with Gasteiger partial charge in [0.05, 0.1) is 6.42 Å². The maximum atomic E-state index is 2.30. The average molecular weight is 455 g/mol. The number of aromatic nitrogens is 4. The van der Waals surface area contributed by atoms with Crippen LogP contribution in [-0.4, -0.2) is 0 Å². The largest absolute Gasteiger partial charge is 0.208 e. The second-order valence-corrected chi connectivity index (χ2v) is 9.14. The van der Waals surface area contributed by atoms with Crippen molar-refractivity contribution in [1.29, 1.82) is 0 Å². The highest BCUT2D eigenvalue weighted by atomic mass is 15.0. The van der Waals surface area contributed by atoms with Crippen molar-refractivity contribution in [2.75, 3.05) is 0 Å². The summed E-state index contributed by atoms with van der Waals surface area (Å²) in [6.45, 7) is 5.39. The van der Waals surface area contributed by atoms with Gasteiger partial charge in [0.2, 0.25) is 0 Å². The minimum absolute atomic E-state index is 1.01. The van der Waals surface area contributed by atoms with Gasteiger partial charge in [0, 0.05) is 55.0 Å². The maximum absolute atomic E-state index is 2.30. The topological polar surface area (TPSA) is 15.5 Å². The van der Waals surface area contributed by atoms with Gasteiger partial charge in [-0.1, -0.05) is 19.8 Å². The van der Waals surface area contributed by atoms with E-state index in [1.165, 1.54) is 47.9 Å². The monoisotopic (exact) mass is 454 g/mol. The van der Waals surface area contributed by atoms with E-state index in [2.05, 4.69) is 123 Å². The first-order valence-corrected chi connectivity index (χ1v) is 12.6. The fourth-order valence-electron chi connectivity index (χ4n) is 4.25. The van der Waals surface area contributed by atoms with Gasteiger partial charge in [-0.3, -0.25) is 0 Å². The molecule has 0 fully saturated rings. The summed E-state index contributed by atoms with van der Waals surface area (Å²) in [4.78, 5) is 0. The molecule has 4 aromatic heterocycles. The summed E-state index contributed by atoms with van der Waals surface area (Å²) >= 11 is 0. The third-order valence-electron chi connectivity index (χ3n) is 6.42. The van der Waals surface area contributed by atoms with Crippen molar-refractivity contribution < 1.29 is 18.3 Å². The van der Waals surface area contributed by atoms with Crippen molar-refractivity contribution in [2.24, 2.45) is 7.05 Å². The number of hydrogen-bond donors (Lipinski definition) is 0. The zero-order chi connectivity index (χ0) is 23.6. The molecule has 0 radical (unpaired) electrons. The number of nitrogens with zero attached hydrogens (tertiary/aromatic N) is 4. The van der Waals surface area contributed by atoms with Gasteiger partial charge in [-0.2, -0.15) is 0 Å². The molecule has 0 amide bonds. The Bertz CT molecular complexity index is 1130. The summed E-state index contributed by atoms with van der Waals surface area (Å²) in [7, 11) is 2.04. The van der Waals surface area contributed by atoms with Crippen LogP contribution < -0.4 is 18.3 Å². The molecule has 34 heavy (non-hydrogen) atoms. The Balaban J connectivity index is 1.25. The summed E-state index contributed by atoms with van der Waals surface area (Å²) in [6, 6.07) is 17.6. The molecule has 4 nitrogen and oxygen atoms in total. The van der Waals surface area contributed by atoms with Gasteiger partial charge >= 0.3 is 0 Å². The quantitative estimate of drug-likeness (QED) is 0.236. The van der Waals surface area contributed by atoms with Crippen LogP contribution in [0.25, 0.3) is 22.3 Å². The Morgan fingerprint density at radius 2 is 0.794 bits per heavy atom. The molecule has 4 heterocycles. The molecule has 0 atom stereocenters. The van der Waals surface area contributed by atoms with Gasteiger partial charge in [-0.15, -0.1) is 0 Å². The molecular weight excluding hydrogens is 416 g/mol. The predicted octanol–water partition coefficient (Wildman–Crippen LogP) is 4.38. The molecular formula is C30H38N4+4. The molecule has 0 aromatic carbocycles. The first kappa shape index (κ1) is 23.7. The highest BCUT2D eigenvalue weighted by Crippen LogP contribution is 2.16. The summed E-state index contributed by atoms with van der Waals surface area (Å²) < 4.78 is 8.90. The van der Waals surface area contributed by atoms with Crippen molar-refractivity contribution >= 4 is 0 Å². The molecule has 0 unspecified atom stereocenters. The number of hydrogen-bond acceptors (Lipinski definition) is 0. The van der Waals surface area contributed by atoms with Gasteiger partial charge in [0.1, 0.15) is 13.6 Å². The van der Waals surface area contributed by atoms with E-state index in [1.807, 2.05) is 7.05 Å². The smallest absolute Gasteiger partial charge is 0.169 e. The average Bonchev–Trinajstić information content (AvgIpc) is 2.88. The van der Waals surface area contributed by atoms with E-state index >= 15 is 0 Å². The third kappa shape index (κ3) is 6.80. The fourth-order valence-corrected chi connectivity index (χ4v) is 4.25. The van der Waals surface area contributed by atoms with E-state index < -0.39 is 0 Å². The van der Waals surface area contributed by atoms with Crippen molar-refractivity contribution in [3.05, 3.63) is 98.1 Å². The predicted molar refractivity (Wildman–Crippen MR) is 134 cm³/mol. The highest BCUT2D eigenvalue weighted by molar-refractivity contribution is 5.61. The molecule has 0 aliphatic carbocycles. The van der Waals surface area contributed by atoms with Gasteiger partial charge in [-0.25, -0.2) is 18.3 Å². The van der Waals surface area contributed by atoms with Crippen LogP contribution in [0, 0.1) is 0 Å². The van der Waals surface area contributed by atoms with Crippen LogP contribution in [-0.2, 0) is 26.7 Å². The molecule has 0 aliphatic heterocycles. The van der Waals surface area contributed by atoms with E-state index in [9.17, 15) is 0 Å². The maximum Gasteiger partial charge on any atom is 0.169 e. The van der Waals surface area contributed by atoms with Crippen LogP contribution in [0.2, 0.25) is 0 Å². The standard InChI is InChI=1S/C30H38N4/c1-3-4-5-6-16-32-21-10-29(11-22-32)30-14-25-34(26-15-30)18-7-17-33-23-12-28(13-24-33)27-8-19-31(2)20-9-27/h8-15,19-26H,3-7,16-18H2,1-2H3/q+4. The van der Waals surface area contributed by atoms with E-state index in [1.54, 1.807) is 0 Å². The molecule has 0 aliphatic rings. The van der Waals surface area contributed by atoms with Crippen LogP contribution >= 0.6 is 0 Å². The number of unbranched alkanes of at least 4 members (excludes halogenated alkanes) is 3. The normalized spacial score (nSPS) is 11.0. The van der Waals surface area contributed by atoms with E-state index in [0.717, 1.165) is 26.1 Å². The van der Waals surface area contributed by atoms with Crippen molar-refractivity contribution in [3.8, 4) is 22.3 Å². The Morgan fingerprint density at radius 1 is 0.441 bits per heavy atom. The number of rotatable bonds is 11. The van der Waals surface area contributed by atoms with E-state index in [4.69, 9.17) is 0 Å². The second-order valence-electron chi connectivity index (χ2n) is 9.14. The van der Waals surface area contributed by atoms with Crippen LogP contribution in [0.5, 0.6) is 0 Å². The van der Waals surface area contributed by atoms with Crippen LogP contribution in [0.4, 0.5) is 0 Å². The molecule has 0 spiro atoms. The lowest BCUT2D eigenvalue weighted by Crippen LogP contribution is -2.38. The second kappa shape index (κ2) is 12.2. The SMILES string of the molecule is CCCCCC[n+]1ccc(-c2cc[n+](CCC[n+]3ccc(-c4cc[n+](C)cc4)cc3)cc2)cc1. The Labute approximate surface area is 204 Å². The number of pyridine rings is 4. The first-order chi connectivity index (χ1) is 16.7. The Kier molecular flexibility index (Phi) is 8.50. The van der Waals surface area contributed by atoms with Gasteiger partial charge in [-0.05, 0) is 28.7 Å². The Hall–Kier alpha value is -3.40. The lowest BCUT2D eigenvalue weighted by molar-refractivity contribution is -0.726. The van der Waals surface area contributed by atoms with Crippen LogP contribution in [0.3, 0.4) is 0 Å². The van der Waals surface area contributed by atoms with Crippen molar-refractivity contribution in [3.63, 3.8) is 0 Å². The first-order valence-electron chi connectivity index (χ1n) is 12.6. The molecule has 4 aromatic rings. The summed E-state index contributed by atoms with van der Waals surface area (Å²) in [5.74, 6) is 0. The van der Waals surface area contributed by atoms with Crippen LogP contribution in [0.1, 0.15) is 39.0 Å². The zero-order valence-corrected chi connectivity index (χ0v) is 20.7. The Morgan fingerprint density at radius 3 is 1.18 bits per heavy atom. The minimum Gasteiger partial charge on any atom is -0.208 e. The summed E-state index contributed by atoms with van der Waals surface area (Å²) in [5.41, 5.74) is 5.06. The molecule has 0 saturated heterocycles. The fraction of sp³-hybridized carbons (Fsp3) is 0.333. The zero-order valence-electron chi connectivity index (χ0n) is 20.7. The summed E-state index contributed by atoms with van der Waals surface area (Å²) in [6.07, 6.45) is 23.7.